The van der Waals surface area contributed by atoms with Gasteiger partial charge in [-0.3, -0.25) is 9.69 Å². The minimum absolute atomic E-state index is 0.000390. The zero-order chi connectivity index (χ0) is 13.8. The molecule has 2 atom stereocenters. The van der Waals surface area contributed by atoms with Gasteiger partial charge < -0.3 is 14.8 Å². The smallest absolute Gasteiger partial charge is 0.323 e. The predicted molar refractivity (Wildman–Crippen MR) is 75.5 cm³/mol. The first-order valence-electron chi connectivity index (χ1n) is 8.05. The van der Waals surface area contributed by atoms with Crippen LogP contribution >= 0.6 is 0 Å². The zero-order valence-electron chi connectivity index (χ0n) is 12.2. The van der Waals surface area contributed by atoms with Crippen molar-refractivity contribution in [3.8, 4) is 0 Å². The van der Waals surface area contributed by atoms with Crippen LogP contribution in [0.1, 0.15) is 32.1 Å². The molecular weight excluding hydrogens is 256 g/mol. The van der Waals surface area contributed by atoms with E-state index in [0.717, 1.165) is 65.0 Å². The van der Waals surface area contributed by atoms with Gasteiger partial charge in [0.25, 0.3) is 0 Å². The molecule has 0 bridgehead atoms. The maximum Gasteiger partial charge on any atom is 0.323 e. The van der Waals surface area contributed by atoms with Gasteiger partial charge in [-0.1, -0.05) is 0 Å². The van der Waals surface area contributed by atoms with Gasteiger partial charge in [-0.25, -0.2) is 0 Å². The topological polar surface area (TPSA) is 50.8 Å². The van der Waals surface area contributed by atoms with Gasteiger partial charge in [-0.15, -0.1) is 0 Å². The highest BCUT2D eigenvalue weighted by Crippen LogP contribution is 2.25. The molecule has 114 valence electrons. The number of esters is 1. The number of carbonyl (C=O) groups is 1. The summed E-state index contributed by atoms with van der Waals surface area (Å²) in [6.45, 7) is 5.29. The van der Waals surface area contributed by atoms with Crippen LogP contribution in [0.4, 0.5) is 0 Å². The number of likely N-dealkylation sites (tertiary alicyclic amines) is 1. The van der Waals surface area contributed by atoms with Crippen LogP contribution in [-0.4, -0.2) is 62.4 Å². The Balaban J connectivity index is 1.49. The van der Waals surface area contributed by atoms with Crippen LogP contribution in [0.2, 0.25) is 0 Å². The van der Waals surface area contributed by atoms with Crippen molar-refractivity contribution in [3.63, 3.8) is 0 Å². The Kier molecular flexibility index (Phi) is 4.91. The summed E-state index contributed by atoms with van der Waals surface area (Å²) in [5.74, 6) is 0.403. The van der Waals surface area contributed by atoms with Crippen molar-refractivity contribution in [1.29, 1.82) is 0 Å². The Hall–Kier alpha value is -0.650. The molecule has 2 unspecified atom stereocenters. The quantitative estimate of drug-likeness (QED) is 0.772. The van der Waals surface area contributed by atoms with Gasteiger partial charge in [0.2, 0.25) is 0 Å². The Morgan fingerprint density at radius 1 is 1.25 bits per heavy atom. The lowest BCUT2D eigenvalue weighted by Crippen LogP contribution is -2.48. The maximum absolute atomic E-state index is 12.3. The van der Waals surface area contributed by atoms with Crippen molar-refractivity contribution < 1.29 is 14.3 Å². The normalized spacial score (nSPS) is 32.6. The molecule has 3 saturated heterocycles. The summed E-state index contributed by atoms with van der Waals surface area (Å²) in [6, 6.07) is 0.562. The molecule has 5 nitrogen and oxygen atoms in total. The highest BCUT2D eigenvalue weighted by Gasteiger charge is 2.37. The molecule has 1 N–H and O–H groups in total. The second-order valence-electron chi connectivity index (χ2n) is 6.24. The molecule has 0 aromatic carbocycles. The standard InChI is InChI=1S/C15H26N2O3/c18-15(20-11-12-5-9-19-10-12)14-2-1-8-17(14)13-3-6-16-7-4-13/h12-14,16H,1-11H2. The van der Waals surface area contributed by atoms with Gasteiger partial charge in [-0.05, 0) is 51.7 Å². The molecule has 0 aromatic rings. The Morgan fingerprint density at radius 3 is 2.85 bits per heavy atom. The summed E-state index contributed by atoms with van der Waals surface area (Å²) >= 11 is 0. The fourth-order valence-electron chi connectivity index (χ4n) is 3.63. The predicted octanol–water partition coefficient (Wildman–Crippen LogP) is 0.783. The molecule has 3 rings (SSSR count). The lowest BCUT2D eigenvalue weighted by molar-refractivity contribution is -0.151. The van der Waals surface area contributed by atoms with Gasteiger partial charge >= 0.3 is 5.97 Å². The monoisotopic (exact) mass is 282 g/mol. The molecule has 3 heterocycles. The summed E-state index contributed by atoms with van der Waals surface area (Å²) in [5.41, 5.74) is 0. The van der Waals surface area contributed by atoms with E-state index in [-0.39, 0.29) is 12.0 Å². The Bertz CT molecular complexity index is 325. The molecule has 0 radical (unpaired) electrons. The molecule has 0 saturated carbocycles. The SMILES string of the molecule is O=C(OCC1CCOC1)C1CCCN1C1CCNCC1. The number of ether oxygens (including phenoxy) is 2. The molecule has 0 amide bonds. The number of carbonyl (C=O) groups excluding carboxylic acids is 1. The van der Waals surface area contributed by atoms with Crippen molar-refractivity contribution in [1.82, 2.24) is 10.2 Å². The third-order valence-corrected chi connectivity index (χ3v) is 4.83. The molecule has 20 heavy (non-hydrogen) atoms. The average molecular weight is 282 g/mol. The summed E-state index contributed by atoms with van der Waals surface area (Å²) in [6.07, 6.45) is 5.41. The molecule has 3 aliphatic rings. The van der Waals surface area contributed by atoms with Gasteiger partial charge in [0, 0.05) is 18.6 Å². The van der Waals surface area contributed by atoms with Crippen LogP contribution in [0.3, 0.4) is 0 Å². The van der Waals surface area contributed by atoms with E-state index in [2.05, 4.69) is 10.2 Å². The fourth-order valence-corrected chi connectivity index (χ4v) is 3.63. The van der Waals surface area contributed by atoms with Gasteiger partial charge in [0.05, 0.1) is 13.2 Å². The molecule has 0 aromatic heterocycles. The number of nitrogens with one attached hydrogen (secondary N) is 1. The summed E-state index contributed by atoms with van der Waals surface area (Å²) in [4.78, 5) is 14.7. The maximum atomic E-state index is 12.3. The van der Waals surface area contributed by atoms with E-state index in [0.29, 0.717) is 18.6 Å². The van der Waals surface area contributed by atoms with Crippen LogP contribution in [0.15, 0.2) is 0 Å². The van der Waals surface area contributed by atoms with Crippen molar-refractivity contribution in [2.24, 2.45) is 5.92 Å². The Labute approximate surface area is 121 Å². The molecule has 3 aliphatic heterocycles. The number of hydrogen-bond acceptors (Lipinski definition) is 5. The molecule has 3 fully saturated rings. The van der Waals surface area contributed by atoms with Crippen molar-refractivity contribution in [2.75, 3.05) is 39.5 Å². The third kappa shape index (κ3) is 3.32. The van der Waals surface area contributed by atoms with Crippen LogP contribution < -0.4 is 5.32 Å². The van der Waals surface area contributed by atoms with E-state index in [4.69, 9.17) is 9.47 Å². The minimum Gasteiger partial charge on any atom is -0.464 e. The number of rotatable bonds is 4. The first kappa shape index (κ1) is 14.3. The van der Waals surface area contributed by atoms with Gasteiger partial charge in [-0.2, -0.15) is 0 Å². The van der Waals surface area contributed by atoms with Crippen LogP contribution in [0, 0.1) is 5.92 Å². The van der Waals surface area contributed by atoms with Gasteiger partial charge in [0.15, 0.2) is 0 Å². The van der Waals surface area contributed by atoms with Crippen LogP contribution in [0.25, 0.3) is 0 Å². The lowest BCUT2D eigenvalue weighted by Gasteiger charge is -2.34. The van der Waals surface area contributed by atoms with Crippen molar-refractivity contribution >= 4 is 5.97 Å². The summed E-state index contributed by atoms with van der Waals surface area (Å²) in [7, 11) is 0. The average Bonchev–Trinajstić information content (AvgIpc) is 3.17. The highest BCUT2D eigenvalue weighted by atomic mass is 16.5. The minimum atomic E-state index is -0.00654. The first-order valence-corrected chi connectivity index (χ1v) is 8.05. The van der Waals surface area contributed by atoms with E-state index in [1.165, 1.54) is 0 Å². The molecule has 5 heteroatoms. The lowest BCUT2D eigenvalue weighted by atomic mass is 10.0. The van der Waals surface area contributed by atoms with Crippen molar-refractivity contribution in [2.45, 2.75) is 44.2 Å². The molecule has 0 aliphatic carbocycles. The molecule has 0 spiro atoms. The van der Waals surface area contributed by atoms with Crippen LogP contribution in [0.5, 0.6) is 0 Å². The third-order valence-electron chi connectivity index (χ3n) is 4.83. The van der Waals surface area contributed by atoms with E-state index in [1.54, 1.807) is 0 Å². The fraction of sp³-hybridized carbons (Fsp3) is 0.933. The van der Waals surface area contributed by atoms with E-state index >= 15 is 0 Å². The van der Waals surface area contributed by atoms with Gasteiger partial charge in [0.1, 0.15) is 6.04 Å². The highest BCUT2D eigenvalue weighted by molar-refractivity contribution is 5.76. The van der Waals surface area contributed by atoms with E-state index in [9.17, 15) is 4.79 Å². The van der Waals surface area contributed by atoms with Crippen LogP contribution in [-0.2, 0) is 14.3 Å². The molecular formula is C15H26N2O3. The second kappa shape index (κ2) is 6.87. The zero-order valence-corrected chi connectivity index (χ0v) is 12.2. The summed E-state index contributed by atoms with van der Waals surface area (Å²) in [5, 5.41) is 3.39. The number of hydrogen-bond donors (Lipinski definition) is 1. The first-order chi connectivity index (χ1) is 9.84. The van der Waals surface area contributed by atoms with E-state index < -0.39 is 0 Å². The van der Waals surface area contributed by atoms with Crippen molar-refractivity contribution in [3.05, 3.63) is 0 Å². The Morgan fingerprint density at radius 2 is 2.10 bits per heavy atom. The summed E-state index contributed by atoms with van der Waals surface area (Å²) < 4.78 is 10.9. The largest absolute Gasteiger partial charge is 0.464 e. The number of nitrogens with zero attached hydrogens (tertiary/aromatic N) is 1. The second-order valence-corrected chi connectivity index (χ2v) is 6.24. The van der Waals surface area contributed by atoms with E-state index in [1.807, 2.05) is 0 Å². The number of piperidine rings is 1.